The molecule has 1 heteroatoms. The van der Waals surface area contributed by atoms with E-state index in [1.54, 1.807) is 0 Å². The molecule has 1 nitrogen and oxygen atoms in total. The Bertz CT molecular complexity index is 390. The Balaban J connectivity index is 2.65. The van der Waals surface area contributed by atoms with Gasteiger partial charge in [0.2, 0.25) is 0 Å². The third-order valence-electron chi connectivity index (χ3n) is 2.27. The fraction of sp³-hybridized carbons (Fsp3) is 0.273. The van der Waals surface area contributed by atoms with Gasteiger partial charge in [-0.3, -0.25) is 0 Å². The Morgan fingerprint density at radius 1 is 1.08 bits per heavy atom. The second-order valence-corrected chi connectivity index (χ2v) is 3.08. The van der Waals surface area contributed by atoms with E-state index in [-0.39, 0.29) is 0 Å². The third-order valence-corrected chi connectivity index (χ3v) is 2.27. The smallest absolute Gasteiger partial charge is 0.0343 e. The lowest BCUT2D eigenvalue weighted by molar-refractivity contribution is 1.12. The number of hydrogen-bond donors (Lipinski definition) is 1. The van der Waals surface area contributed by atoms with E-state index in [1.807, 2.05) is 7.05 Å². The van der Waals surface area contributed by atoms with Crippen molar-refractivity contribution in [2.45, 2.75) is 12.8 Å². The highest BCUT2D eigenvalue weighted by Crippen LogP contribution is 2.00. The molecule has 1 aliphatic carbocycles. The Morgan fingerprint density at radius 3 is 2.58 bits per heavy atom. The molecule has 0 spiro atoms. The molecular formula is C11H13N. The number of nitrogens with one attached hydrogen (secondary N) is 1. The molecule has 0 bridgehead atoms. The van der Waals surface area contributed by atoms with Crippen molar-refractivity contribution < 1.29 is 0 Å². The highest BCUT2D eigenvalue weighted by molar-refractivity contribution is 5.48. The number of benzene rings is 1. The minimum Gasteiger partial charge on any atom is -0.388 e. The summed E-state index contributed by atoms with van der Waals surface area (Å²) < 4.78 is 0. The van der Waals surface area contributed by atoms with Crippen LogP contribution in [0.4, 0.5) is 5.69 Å². The van der Waals surface area contributed by atoms with Gasteiger partial charge in [0.15, 0.2) is 0 Å². The Morgan fingerprint density at radius 2 is 1.83 bits per heavy atom. The molecular weight excluding hydrogens is 146 g/mol. The Hall–Kier alpha value is -1.24. The van der Waals surface area contributed by atoms with Crippen LogP contribution in [0.3, 0.4) is 0 Å². The van der Waals surface area contributed by atoms with Crippen molar-refractivity contribution in [1.29, 1.82) is 0 Å². The normalized spacial score (nSPS) is 14.1. The SMILES string of the molecule is CNc1ccc2c(c1)=CCCC=2. The van der Waals surface area contributed by atoms with Gasteiger partial charge in [0.25, 0.3) is 0 Å². The topological polar surface area (TPSA) is 12.0 Å². The van der Waals surface area contributed by atoms with Crippen LogP contribution in [0.1, 0.15) is 12.8 Å². The summed E-state index contributed by atoms with van der Waals surface area (Å²) in [7, 11) is 1.95. The summed E-state index contributed by atoms with van der Waals surface area (Å²) in [6.45, 7) is 0. The molecule has 0 aromatic heterocycles. The molecule has 1 N–H and O–H groups in total. The van der Waals surface area contributed by atoms with Gasteiger partial charge in [0, 0.05) is 12.7 Å². The second-order valence-electron chi connectivity index (χ2n) is 3.08. The van der Waals surface area contributed by atoms with Crippen molar-refractivity contribution >= 4 is 17.8 Å². The van der Waals surface area contributed by atoms with E-state index in [4.69, 9.17) is 0 Å². The van der Waals surface area contributed by atoms with Crippen LogP contribution in [0.15, 0.2) is 18.2 Å². The van der Waals surface area contributed by atoms with Crippen molar-refractivity contribution in [2.24, 2.45) is 0 Å². The average Bonchev–Trinajstić information content (AvgIpc) is 2.17. The largest absolute Gasteiger partial charge is 0.388 e. The fourth-order valence-electron chi connectivity index (χ4n) is 1.57. The lowest BCUT2D eigenvalue weighted by atomic mass is 10.1. The van der Waals surface area contributed by atoms with Crippen molar-refractivity contribution in [2.75, 3.05) is 12.4 Å². The van der Waals surface area contributed by atoms with Gasteiger partial charge < -0.3 is 5.32 Å². The molecule has 0 heterocycles. The molecule has 0 saturated heterocycles. The van der Waals surface area contributed by atoms with E-state index >= 15 is 0 Å². The molecule has 62 valence electrons. The van der Waals surface area contributed by atoms with Crippen molar-refractivity contribution in [3.05, 3.63) is 28.6 Å². The summed E-state index contributed by atoms with van der Waals surface area (Å²) in [5.41, 5.74) is 1.19. The first kappa shape index (κ1) is 7.41. The van der Waals surface area contributed by atoms with Crippen LogP contribution < -0.4 is 15.8 Å². The average molecular weight is 159 g/mol. The van der Waals surface area contributed by atoms with E-state index in [1.165, 1.54) is 29.0 Å². The van der Waals surface area contributed by atoms with Crippen molar-refractivity contribution in [3.63, 3.8) is 0 Å². The van der Waals surface area contributed by atoms with Crippen LogP contribution in [0.25, 0.3) is 12.2 Å². The summed E-state index contributed by atoms with van der Waals surface area (Å²) in [4.78, 5) is 0. The van der Waals surface area contributed by atoms with E-state index < -0.39 is 0 Å². The maximum absolute atomic E-state index is 3.14. The monoisotopic (exact) mass is 159 g/mol. The van der Waals surface area contributed by atoms with Crippen LogP contribution in [0.5, 0.6) is 0 Å². The van der Waals surface area contributed by atoms with Crippen LogP contribution in [0.2, 0.25) is 0 Å². The number of hydrogen-bond acceptors (Lipinski definition) is 1. The highest BCUT2D eigenvalue weighted by Gasteiger charge is 1.93. The molecule has 0 saturated carbocycles. The second kappa shape index (κ2) is 3.02. The predicted molar refractivity (Wildman–Crippen MR) is 53.4 cm³/mol. The first-order chi connectivity index (χ1) is 5.90. The minimum absolute atomic E-state index is 1.18. The predicted octanol–water partition coefficient (Wildman–Crippen LogP) is 1.08. The lowest BCUT2D eigenvalue weighted by Gasteiger charge is -2.02. The van der Waals surface area contributed by atoms with Crippen molar-refractivity contribution in [1.82, 2.24) is 0 Å². The number of anilines is 1. The molecule has 0 unspecified atom stereocenters. The number of rotatable bonds is 1. The standard InChI is InChI=1S/C11H13N/c1-12-11-7-6-9-4-2-3-5-10(9)8-11/h4-8,12H,2-3H2,1H3. The molecule has 1 aromatic rings. The molecule has 0 radical (unpaired) electrons. The molecule has 0 fully saturated rings. The van der Waals surface area contributed by atoms with Gasteiger partial charge in [-0.15, -0.1) is 0 Å². The first-order valence-electron chi connectivity index (χ1n) is 4.38. The maximum atomic E-state index is 3.14. The molecule has 2 rings (SSSR count). The van der Waals surface area contributed by atoms with Gasteiger partial charge in [0.1, 0.15) is 0 Å². The Labute approximate surface area is 72.4 Å². The van der Waals surface area contributed by atoms with E-state index in [0.29, 0.717) is 0 Å². The summed E-state index contributed by atoms with van der Waals surface area (Å²) in [5.74, 6) is 0. The highest BCUT2D eigenvalue weighted by atomic mass is 14.8. The van der Waals surface area contributed by atoms with Crippen LogP contribution in [0, 0.1) is 0 Å². The molecule has 0 amide bonds. The molecule has 12 heavy (non-hydrogen) atoms. The van der Waals surface area contributed by atoms with E-state index in [9.17, 15) is 0 Å². The van der Waals surface area contributed by atoms with Gasteiger partial charge >= 0.3 is 0 Å². The summed E-state index contributed by atoms with van der Waals surface area (Å²) in [6, 6.07) is 6.50. The van der Waals surface area contributed by atoms with Crippen molar-refractivity contribution in [3.8, 4) is 0 Å². The third kappa shape index (κ3) is 1.22. The summed E-state index contributed by atoms with van der Waals surface area (Å²) >= 11 is 0. The summed E-state index contributed by atoms with van der Waals surface area (Å²) in [5, 5.41) is 5.89. The quantitative estimate of drug-likeness (QED) is 0.646. The Kier molecular flexibility index (Phi) is 1.86. The van der Waals surface area contributed by atoms with Gasteiger partial charge in [-0.2, -0.15) is 0 Å². The van der Waals surface area contributed by atoms with Crippen LogP contribution in [-0.2, 0) is 0 Å². The first-order valence-corrected chi connectivity index (χ1v) is 4.38. The zero-order valence-corrected chi connectivity index (χ0v) is 7.30. The molecule has 1 aliphatic rings. The van der Waals surface area contributed by atoms with Gasteiger partial charge in [-0.1, -0.05) is 18.2 Å². The zero-order chi connectivity index (χ0) is 8.39. The van der Waals surface area contributed by atoms with Gasteiger partial charge in [-0.25, -0.2) is 0 Å². The minimum atomic E-state index is 1.18. The van der Waals surface area contributed by atoms with E-state index in [2.05, 4.69) is 35.7 Å². The molecule has 1 aromatic carbocycles. The molecule has 0 atom stereocenters. The van der Waals surface area contributed by atoms with Crippen LogP contribution in [-0.4, -0.2) is 7.05 Å². The van der Waals surface area contributed by atoms with Gasteiger partial charge in [0.05, 0.1) is 0 Å². The van der Waals surface area contributed by atoms with E-state index in [0.717, 1.165) is 0 Å². The maximum Gasteiger partial charge on any atom is 0.0343 e. The van der Waals surface area contributed by atoms with Crippen LogP contribution >= 0.6 is 0 Å². The zero-order valence-electron chi connectivity index (χ0n) is 7.30. The fourth-order valence-corrected chi connectivity index (χ4v) is 1.57. The summed E-state index contributed by atoms with van der Waals surface area (Å²) in [6.07, 6.45) is 6.97. The lowest BCUT2D eigenvalue weighted by Crippen LogP contribution is -2.26. The molecule has 0 aliphatic heterocycles. The number of fused-ring (bicyclic) bond motifs is 1. The van der Waals surface area contributed by atoms with Gasteiger partial charge in [-0.05, 0) is 35.4 Å².